The Labute approximate surface area is 252 Å². The van der Waals surface area contributed by atoms with Gasteiger partial charge in [-0.25, -0.2) is 14.8 Å². The molecular weight excluding hydrogens is 554 g/mol. The lowest BCUT2D eigenvalue weighted by Crippen LogP contribution is -2.51. The Bertz CT molecular complexity index is 1500. The number of H-pyrrole nitrogens is 2. The Hall–Kier alpha value is -4.25. The number of aromatic amines is 2. The molecule has 4 heterocycles. The fourth-order valence-electron chi connectivity index (χ4n) is 5.28. The van der Waals surface area contributed by atoms with Crippen LogP contribution in [0.25, 0.3) is 11.3 Å². The van der Waals surface area contributed by atoms with Gasteiger partial charge in [-0.15, -0.1) is 12.4 Å². The van der Waals surface area contributed by atoms with Gasteiger partial charge in [-0.05, 0) is 73.6 Å². The largest absolute Gasteiger partial charge is 0.453 e. The molecule has 220 valence electrons. The van der Waals surface area contributed by atoms with E-state index in [4.69, 9.17) is 4.74 Å². The number of likely N-dealkylation sites (tertiary alicyclic amines) is 1. The number of hydrogen-bond donors (Lipinski definition) is 4. The van der Waals surface area contributed by atoms with Gasteiger partial charge in [-0.3, -0.25) is 4.79 Å². The van der Waals surface area contributed by atoms with E-state index in [0.29, 0.717) is 6.54 Å². The van der Waals surface area contributed by atoms with E-state index in [-0.39, 0.29) is 36.3 Å². The van der Waals surface area contributed by atoms with E-state index in [0.717, 1.165) is 66.4 Å². The number of carbonyl (C=O) groups excluding carboxylic acids is 2. The summed E-state index contributed by atoms with van der Waals surface area (Å²) < 4.78 is 4.72. The lowest BCUT2D eigenvalue weighted by atomic mass is 10.0. The van der Waals surface area contributed by atoms with Crippen molar-refractivity contribution in [2.75, 3.05) is 20.2 Å². The number of halogens is 1. The Morgan fingerprint density at radius 2 is 1.79 bits per heavy atom. The topological polar surface area (TPSA) is 128 Å². The van der Waals surface area contributed by atoms with E-state index in [1.54, 1.807) is 17.3 Å². The number of aromatic nitrogens is 4. The minimum atomic E-state index is -0.665. The molecule has 1 aromatic carbocycles. The van der Waals surface area contributed by atoms with Gasteiger partial charge < -0.3 is 30.2 Å². The molecular formula is C31H36ClN7O3. The van der Waals surface area contributed by atoms with Crippen LogP contribution in [-0.2, 0) is 9.53 Å². The second-order valence-electron chi connectivity index (χ2n) is 10.6. The molecule has 3 aromatic rings. The van der Waals surface area contributed by atoms with Crippen LogP contribution < -0.4 is 10.6 Å². The van der Waals surface area contributed by atoms with Crippen LogP contribution in [-0.4, -0.2) is 63.1 Å². The van der Waals surface area contributed by atoms with E-state index in [9.17, 15) is 9.59 Å². The second kappa shape index (κ2) is 14.1. The van der Waals surface area contributed by atoms with Crippen LogP contribution in [0.15, 0.2) is 36.7 Å². The highest BCUT2D eigenvalue weighted by Gasteiger charge is 2.37. The molecule has 5 rings (SSSR count). The summed E-state index contributed by atoms with van der Waals surface area (Å²) in [7, 11) is 1.29. The van der Waals surface area contributed by atoms with Crippen molar-refractivity contribution in [2.24, 2.45) is 5.92 Å². The van der Waals surface area contributed by atoms with E-state index in [1.165, 1.54) is 7.11 Å². The number of benzene rings is 1. The Balaban J connectivity index is 0.00000405. The molecule has 4 N–H and O–H groups in total. The van der Waals surface area contributed by atoms with Crippen molar-refractivity contribution in [1.29, 1.82) is 0 Å². The summed E-state index contributed by atoms with van der Waals surface area (Å²) in [5, 5.41) is 6.10. The highest BCUT2D eigenvalue weighted by molar-refractivity contribution is 5.86. The first-order valence-electron chi connectivity index (χ1n) is 14.0. The molecule has 2 fully saturated rings. The zero-order valence-corrected chi connectivity index (χ0v) is 24.8. The van der Waals surface area contributed by atoms with Crippen molar-refractivity contribution in [3.8, 4) is 34.9 Å². The summed E-state index contributed by atoms with van der Waals surface area (Å²) in [5.41, 5.74) is 3.44. The maximum atomic E-state index is 13.4. The maximum absolute atomic E-state index is 13.4. The van der Waals surface area contributed by atoms with Crippen LogP contribution in [0.4, 0.5) is 4.79 Å². The molecule has 0 radical (unpaired) electrons. The molecule has 2 saturated heterocycles. The Morgan fingerprint density at radius 1 is 1.02 bits per heavy atom. The average Bonchev–Trinajstić information content (AvgIpc) is 3.80. The van der Waals surface area contributed by atoms with Gasteiger partial charge in [0.2, 0.25) is 5.91 Å². The summed E-state index contributed by atoms with van der Waals surface area (Å²) >= 11 is 0. The predicted octanol–water partition coefficient (Wildman–Crippen LogP) is 4.09. The standard InChI is InChI=1S/C31H35N7O3.ClH/c1-20(2)27(37-31(40)41-3)30(39)38-17-7-11-26(38)29-34-19-25(36-29)22-14-12-21(13-15-22)8-4-5-9-23-18-33-28(35-23)24-10-6-16-32-24;/h12-15,18-20,24,26-27,32H,6-7,10-11,16-17H2,1-3H3,(H,33,35)(H,34,36)(H,37,40);1H/t24-,26-,27-;/m0./s1. The second-order valence-corrected chi connectivity index (χ2v) is 10.6. The van der Waals surface area contributed by atoms with Crippen molar-refractivity contribution >= 4 is 24.4 Å². The highest BCUT2D eigenvalue weighted by atomic mass is 35.5. The summed E-state index contributed by atoms with van der Waals surface area (Å²) in [4.78, 5) is 42.7. The van der Waals surface area contributed by atoms with Gasteiger partial charge in [-0.1, -0.05) is 31.9 Å². The molecule has 2 aromatic heterocycles. The fourth-order valence-corrected chi connectivity index (χ4v) is 5.28. The van der Waals surface area contributed by atoms with Crippen LogP contribution in [0.5, 0.6) is 0 Å². The van der Waals surface area contributed by atoms with Crippen molar-refractivity contribution in [2.45, 2.75) is 57.7 Å². The monoisotopic (exact) mass is 589 g/mol. The summed E-state index contributed by atoms with van der Waals surface area (Å²) in [6, 6.07) is 7.30. The number of hydrogen-bond acceptors (Lipinski definition) is 6. The highest BCUT2D eigenvalue weighted by Crippen LogP contribution is 2.32. The SMILES string of the molecule is COC(=O)N[C@H](C(=O)N1CCC[C@H]1c1ncc(-c2ccc(C#CC#Cc3cnc([C@@H]4CCCN4)[nH]3)cc2)[nH]1)C(C)C.Cl. The van der Waals surface area contributed by atoms with Gasteiger partial charge in [0.25, 0.3) is 0 Å². The molecule has 2 aliphatic heterocycles. The summed E-state index contributed by atoms with van der Waals surface area (Å²) in [5.74, 6) is 13.4. The van der Waals surface area contributed by atoms with E-state index in [1.807, 2.05) is 38.1 Å². The quantitative estimate of drug-likeness (QED) is 0.321. The van der Waals surface area contributed by atoms with Crippen molar-refractivity contribution < 1.29 is 14.3 Å². The van der Waals surface area contributed by atoms with Gasteiger partial charge in [0.1, 0.15) is 23.4 Å². The minimum Gasteiger partial charge on any atom is -0.453 e. The molecule has 3 atom stereocenters. The number of imidazole rings is 2. The molecule has 10 nitrogen and oxygen atoms in total. The minimum absolute atomic E-state index is 0. The average molecular weight is 590 g/mol. The van der Waals surface area contributed by atoms with Crippen LogP contribution >= 0.6 is 12.4 Å². The number of methoxy groups -OCH3 is 1. The van der Waals surface area contributed by atoms with Gasteiger partial charge in [0.15, 0.2) is 0 Å². The first-order chi connectivity index (χ1) is 19.9. The van der Waals surface area contributed by atoms with Gasteiger partial charge in [0.05, 0.1) is 37.3 Å². The van der Waals surface area contributed by atoms with Crippen LogP contribution in [0.2, 0.25) is 0 Å². The van der Waals surface area contributed by atoms with E-state index < -0.39 is 12.1 Å². The number of ether oxygens (including phenoxy) is 1. The van der Waals surface area contributed by atoms with Gasteiger partial charge >= 0.3 is 6.09 Å². The Kier molecular flexibility index (Phi) is 10.3. The van der Waals surface area contributed by atoms with Crippen molar-refractivity contribution in [3.05, 3.63) is 59.6 Å². The van der Waals surface area contributed by atoms with Crippen LogP contribution in [0.1, 0.15) is 74.5 Å². The third-order valence-corrected chi connectivity index (χ3v) is 7.49. The zero-order chi connectivity index (χ0) is 28.8. The third-order valence-electron chi connectivity index (χ3n) is 7.49. The summed E-state index contributed by atoms with van der Waals surface area (Å²) in [6.07, 6.45) is 6.84. The zero-order valence-electron chi connectivity index (χ0n) is 24.0. The number of alkyl carbamates (subject to hydrolysis) is 1. The molecule has 0 bridgehead atoms. The van der Waals surface area contributed by atoms with E-state index >= 15 is 0 Å². The van der Waals surface area contributed by atoms with Crippen LogP contribution in [0.3, 0.4) is 0 Å². The Morgan fingerprint density at radius 3 is 2.50 bits per heavy atom. The lowest BCUT2D eigenvalue weighted by molar-refractivity contribution is -0.135. The molecule has 2 amide bonds. The van der Waals surface area contributed by atoms with Crippen LogP contribution in [0, 0.1) is 29.6 Å². The number of carbonyl (C=O) groups is 2. The first kappa shape index (κ1) is 30.7. The molecule has 11 heteroatoms. The number of nitrogens with zero attached hydrogens (tertiary/aromatic N) is 3. The molecule has 0 aliphatic carbocycles. The maximum Gasteiger partial charge on any atom is 0.407 e. The summed E-state index contributed by atoms with van der Waals surface area (Å²) in [6.45, 7) is 5.44. The van der Waals surface area contributed by atoms with E-state index in [2.05, 4.69) is 54.3 Å². The normalized spacial score (nSPS) is 18.3. The third kappa shape index (κ3) is 7.14. The van der Waals surface area contributed by atoms with Gasteiger partial charge in [-0.2, -0.15) is 0 Å². The van der Waals surface area contributed by atoms with Gasteiger partial charge in [0, 0.05) is 12.1 Å². The number of rotatable bonds is 6. The van der Waals surface area contributed by atoms with Crippen molar-refractivity contribution in [3.63, 3.8) is 0 Å². The fraction of sp³-hybridized carbons (Fsp3) is 0.419. The predicted molar refractivity (Wildman–Crippen MR) is 161 cm³/mol. The number of nitrogens with one attached hydrogen (secondary N) is 4. The lowest BCUT2D eigenvalue weighted by Gasteiger charge is -2.30. The molecule has 42 heavy (non-hydrogen) atoms. The smallest absolute Gasteiger partial charge is 0.407 e. The van der Waals surface area contributed by atoms with Crippen molar-refractivity contribution in [1.82, 2.24) is 35.5 Å². The first-order valence-corrected chi connectivity index (χ1v) is 14.0. The molecule has 0 unspecified atom stereocenters. The number of amides is 2. The molecule has 0 saturated carbocycles. The molecule has 0 spiro atoms. The molecule has 2 aliphatic rings.